The van der Waals surface area contributed by atoms with Gasteiger partial charge in [-0.05, 0) is 37.2 Å². The molecule has 6 nitrogen and oxygen atoms in total. The summed E-state index contributed by atoms with van der Waals surface area (Å²) in [6.45, 7) is 1.05. The van der Waals surface area contributed by atoms with E-state index < -0.39 is 10.0 Å². The number of aromatic nitrogens is 1. The van der Waals surface area contributed by atoms with Crippen LogP contribution >= 0.6 is 0 Å². The van der Waals surface area contributed by atoms with Crippen LogP contribution in [-0.4, -0.2) is 44.0 Å². The Balaban J connectivity index is 1.71. The molecule has 0 bridgehead atoms. The van der Waals surface area contributed by atoms with E-state index in [9.17, 15) is 8.42 Å². The fraction of sp³-hybridized carbons (Fsp3) is 0.600. The van der Waals surface area contributed by atoms with Gasteiger partial charge in [0.15, 0.2) is 0 Å². The van der Waals surface area contributed by atoms with Crippen LogP contribution in [0.25, 0.3) is 0 Å². The van der Waals surface area contributed by atoms with Gasteiger partial charge >= 0.3 is 0 Å². The summed E-state index contributed by atoms with van der Waals surface area (Å²) in [6, 6.07) is 3.31. The van der Waals surface area contributed by atoms with Crippen molar-refractivity contribution in [2.24, 2.45) is 5.41 Å². The Labute approximate surface area is 130 Å². The minimum atomic E-state index is -3.56. The zero-order valence-electron chi connectivity index (χ0n) is 12.5. The molecular weight excluding hydrogens is 302 g/mol. The summed E-state index contributed by atoms with van der Waals surface area (Å²) < 4.78 is 32.1. The first-order valence-electron chi connectivity index (χ1n) is 7.37. The number of hydrogen-bond acceptors (Lipinski definition) is 5. The third-order valence-corrected chi connectivity index (χ3v) is 6.78. The highest BCUT2D eigenvalue weighted by atomic mass is 32.2. The highest BCUT2D eigenvalue weighted by Crippen LogP contribution is 2.50. The summed E-state index contributed by atoms with van der Waals surface area (Å²) in [5.41, 5.74) is 0.524. The number of methoxy groups -OCH3 is 1. The Hall–Kier alpha value is -1.49. The molecule has 0 unspecified atom stereocenters. The molecule has 0 N–H and O–H groups in total. The standard InChI is InChI=1S/C15H19N3O3S/c1-21-13-7-15(8-13)2-4-18(5-3-15)22(19,20)14-6-12(9-16)10-17-11-14/h6,10-11,13H,2-5,7-8H2,1H3. The molecule has 2 fully saturated rings. The van der Waals surface area contributed by atoms with Crippen molar-refractivity contribution in [3.05, 3.63) is 24.0 Å². The third kappa shape index (κ3) is 2.62. The molecule has 1 aromatic rings. The molecule has 1 aliphatic heterocycles. The molecule has 2 aliphatic rings. The number of ether oxygens (including phenoxy) is 1. The van der Waals surface area contributed by atoms with Crippen LogP contribution in [0.15, 0.2) is 23.4 Å². The molecule has 0 amide bonds. The predicted molar refractivity (Wildman–Crippen MR) is 79.4 cm³/mol. The minimum Gasteiger partial charge on any atom is -0.381 e. The molecule has 3 rings (SSSR count). The first kappa shape index (κ1) is 15.4. The minimum absolute atomic E-state index is 0.103. The van der Waals surface area contributed by atoms with Crippen molar-refractivity contribution in [3.8, 4) is 6.07 Å². The number of nitrogens with zero attached hydrogens (tertiary/aromatic N) is 3. The molecule has 118 valence electrons. The lowest BCUT2D eigenvalue weighted by molar-refractivity contribution is -0.0804. The molecular formula is C15H19N3O3S. The van der Waals surface area contributed by atoms with Gasteiger partial charge in [0, 0.05) is 32.6 Å². The lowest BCUT2D eigenvalue weighted by Crippen LogP contribution is -2.50. The average molecular weight is 321 g/mol. The van der Waals surface area contributed by atoms with Crippen molar-refractivity contribution in [2.75, 3.05) is 20.2 Å². The van der Waals surface area contributed by atoms with Gasteiger partial charge in [0.05, 0.1) is 11.7 Å². The van der Waals surface area contributed by atoms with E-state index in [1.165, 1.54) is 22.8 Å². The van der Waals surface area contributed by atoms with E-state index in [2.05, 4.69) is 4.98 Å². The van der Waals surface area contributed by atoms with Gasteiger partial charge < -0.3 is 4.74 Å². The molecule has 1 aromatic heterocycles. The van der Waals surface area contributed by atoms with Crippen LogP contribution in [-0.2, 0) is 14.8 Å². The lowest BCUT2D eigenvalue weighted by Gasteiger charge is -2.51. The van der Waals surface area contributed by atoms with Crippen LogP contribution in [0.4, 0.5) is 0 Å². The summed E-state index contributed by atoms with van der Waals surface area (Å²) >= 11 is 0. The Kier molecular flexibility index (Phi) is 3.93. The van der Waals surface area contributed by atoms with Gasteiger partial charge in [-0.15, -0.1) is 0 Å². The summed E-state index contributed by atoms with van der Waals surface area (Å²) in [5.74, 6) is 0. The van der Waals surface area contributed by atoms with E-state index in [0.29, 0.717) is 19.2 Å². The van der Waals surface area contributed by atoms with Crippen LogP contribution in [0, 0.1) is 16.7 Å². The Morgan fingerprint density at radius 1 is 1.36 bits per heavy atom. The van der Waals surface area contributed by atoms with Gasteiger partial charge in [-0.1, -0.05) is 0 Å². The molecule has 1 aliphatic carbocycles. The maximum absolute atomic E-state index is 12.6. The SMILES string of the molecule is COC1CC2(CCN(S(=O)(=O)c3cncc(C#N)c3)CC2)C1. The fourth-order valence-electron chi connectivity index (χ4n) is 3.45. The van der Waals surface area contributed by atoms with Crippen LogP contribution in [0.5, 0.6) is 0 Å². The van der Waals surface area contributed by atoms with Gasteiger partial charge in [-0.25, -0.2) is 8.42 Å². The van der Waals surface area contributed by atoms with Crippen molar-refractivity contribution >= 4 is 10.0 Å². The molecule has 1 saturated carbocycles. The van der Waals surface area contributed by atoms with Crippen molar-refractivity contribution < 1.29 is 13.2 Å². The van der Waals surface area contributed by atoms with E-state index in [0.717, 1.165) is 25.7 Å². The first-order chi connectivity index (χ1) is 10.5. The largest absolute Gasteiger partial charge is 0.381 e. The second-order valence-corrected chi connectivity index (χ2v) is 8.13. The first-order valence-corrected chi connectivity index (χ1v) is 8.81. The van der Waals surface area contributed by atoms with Gasteiger partial charge in [0.2, 0.25) is 10.0 Å². The summed E-state index contributed by atoms with van der Waals surface area (Å²) in [5, 5.41) is 8.88. The molecule has 0 radical (unpaired) electrons. The number of sulfonamides is 1. The zero-order chi connectivity index (χ0) is 15.8. The quantitative estimate of drug-likeness (QED) is 0.843. The summed E-state index contributed by atoms with van der Waals surface area (Å²) in [7, 11) is -1.83. The maximum Gasteiger partial charge on any atom is 0.244 e. The van der Waals surface area contributed by atoms with Gasteiger partial charge in [-0.3, -0.25) is 4.98 Å². The highest BCUT2D eigenvalue weighted by Gasteiger charge is 2.47. The lowest BCUT2D eigenvalue weighted by atomic mass is 9.62. The van der Waals surface area contributed by atoms with Gasteiger partial charge in [-0.2, -0.15) is 9.57 Å². The molecule has 7 heteroatoms. The van der Waals surface area contributed by atoms with Crippen LogP contribution in [0.3, 0.4) is 0 Å². The number of nitriles is 1. The van der Waals surface area contributed by atoms with Crippen molar-refractivity contribution in [1.29, 1.82) is 5.26 Å². The highest BCUT2D eigenvalue weighted by molar-refractivity contribution is 7.89. The Morgan fingerprint density at radius 3 is 2.64 bits per heavy atom. The van der Waals surface area contributed by atoms with Crippen molar-refractivity contribution in [3.63, 3.8) is 0 Å². The van der Waals surface area contributed by atoms with Crippen molar-refractivity contribution in [1.82, 2.24) is 9.29 Å². The molecule has 1 spiro atoms. The third-order valence-electron chi connectivity index (χ3n) is 4.92. The smallest absolute Gasteiger partial charge is 0.244 e. The van der Waals surface area contributed by atoms with E-state index >= 15 is 0 Å². The number of piperidine rings is 1. The topological polar surface area (TPSA) is 83.3 Å². The molecule has 22 heavy (non-hydrogen) atoms. The second kappa shape index (κ2) is 5.61. The van der Waals surface area contributed by atoms with Crippen molar-refractivity contribution in [2.45, 2.75) is 36.7 Å². The molecule has 1 saturated heterocycles. The summed E-state index contributed by atoms with van der Waals surface area (Å²) in [6.07, 6.45) is 6.81. The Morgan fingerprint density at radius 2 is 2.05 bits per heavy atom. The van der Waals surface area contributed by atoms with Crippen LogP contribution in [0.1, 0.15) is 31.2 Å². The number of rotatable bonds is 3. The molecule has 0 aromatic carbocycles. The van der Waals surface area contributed by atoms with Crippen LogP contribution < -0.4 is 0 Å². The fourth-order valence-corrected chi connectivity index (χ4v) is 4.88. The molecule has 2 heterocycles. The predicted octanol–water partition coefficient (Wildman–Crippen LogP) is 1.53. The normalized spacial score (nSPS) is 22.2. The van der Waals surface area contributed by atoms with Gasteiger partial charge in [0.25, 0.3) is 0 Å². The monoisotopic (exact) mass is 321 g/mol. The van der Waals surface area contributed by atoms with E-state index in [-0.39, 0.29) is 15.9 Å². The van der Waals surface area contributed by atoms with E-state index in [1.807, 2.05) is 6.07 Å². The Bertz CT molecular complexity index is 695. The van der Waals surface area contributed by atoms with E-state index in [4.69, 9.17) is 10.00 Å². The number of pyridine rings is 1. The average Bonchev–Trinajstić information content (AvgIpc) is 2.52. The summed E-state index contributed by atoms with van der Waals surface area (Å²) in [4.78, 5) is 3.95. The maximum atomic E-state index is 12.6. The second-order valence-electron chi connectivity index (χ2n) is 6.19. The molecule has 0 atom stereocenters. The number of hydrogen-bond donors (Lipinski definition) is 0. The van der Waals surface area contributed by atoms with E-state index in [1.54, 1.807) is 7.11 Å². The van der Waals surface area contributed by atoms with Gasteiger partial charge in [0.1, 0.15) is 11.0 Å². The zero-order valence-corrected chi connectivity index (χ0v) is 13.3. The van der Waals surface area contributed by atoms with Crippen LogP contribution in [0.2, 0.25) is 0 Å².